The minimum atomic E-state index is -4.67. The number of rotatable bonds is 2. The lowest BCUT2D eigenvalue weighted by Gasteiger charge is -2.10. The molecule has 1 heterocycles. The second kappa shape index (κ2) is 3.92. The Bertz CT molecular complexity index is 339. The average Bonchev–Trinajstić information content (AvgIpc) is 2.16. The van der Waals surface area contributed by atoms with Crippen LogP contribution in [0.3, 0.4) is 0 Å². The van der Waals surface area contributed by atoms with Crippen LogP contribution in [0, 0.1) is 5.82 Å². The summed E-state index contributed by atoms with van der Waals surface area (Å²) in [6.07, 6.45) is -4.67. The highest BCUT2D eigenvalue weighted by Gasteiger charge is 2.35. The van der Waals surface area contributed by atoms with E-state index >= 15 is 0 Å². The normalized spacial score (nSPS) is 11.3. The zero-order chi connectivity index (χ0) is 11.6. The SMILES string of the molecule is COc1cc(C(F)(F)F)nc(OC)c1F. The van der Waals surface area contributed by atoms with Crippen LogP contribution in [-0.4, -0.2) is 19.2 Å². The first kappa shape index (κ1) is 11.5. The van der Waals surface area contributed by atoms with Gasteiger partial charge in [-0.2, -0.15) is 17.6 Å². The topological polar surface area (TPSA) is 31.4 Å². The third-order valence-electron chi connectivity index (χ3n) is 1.60. The molecule has 0 fully saturated rings. The van der Waals surface area contributed by atoms with Crippen LogP contribution < -0.4 is 9.47 Å². The molecule has 0 unspecified atom stereocenters. The Labute approximate surface area is 82.6 Å². The summed E-state index contributed by atoms with van der Waals surface area (Å²) in [6, 6.07) is 0.470. The Balaban J connectivity index is 3.33. The van der Waals surface area contributed by atoms with Crippen molar-refractivity contribution >= 4 is 0 Å². The number of methoxy groups -OCH3 is 2. The number of hydrogen-bond acceptors (Lipinski definition) is 3. The summed E-state index contributed by atoms with van der Waals surface area (Å²) in [6.45, 7) is 0. The summed E-state index contributed by atoms with van der Waals surface area (Å²) >= 11 is 0. The molecule has 0 N–H and O–H groups in total. The van der Waals surface area contributed by atoms with Crippen molar-refractivity contribution in [3.63, 3.8) is 0 Å². The van der Waals surface area contributed by atoms with Gasteiger partial charge in [-0.25, -0.2) is 4.98 Å². The van der Waals surface area contributed by atoms with Gasteiger partial charge in [0.05, 0.1) is 14.2 Å². The second-order valence-corrected chi connectivity index (χ2v) is 2.53. The number of ether oxygens (including phenoxy) is 2. The van der Waals surface area contributed by atoms with E-state index in [0.717, 1.165) is 14.2 Å². The fourth-order valence-corrected chi connectivity index (χ4v) is 0.913. The largest absolute Gasteiger partial charge is 0.493 e. The molecule has 84 valence electrons. The van der Waals surface area contributed by atoms with Crippen LogP contribution in [0.2, 0.25) is 0 Å². The van der Waals surface area contributed by atoms with Gasteiger partial charge in [-0.05, 0) is 0 Å². The molecule has 7 heteroatoms. The van der Waals surface area contributed by atoms with Gasteiger partial charge >= 0.3 is 6.18 Å². The highest BCUT2D eigenvalue weighted by molar-refractivity contribution is 5.33. The molecular formula is C8H7F4NO2. The van der Waals surface area contributed by atoms with Gasteiger partial charge in [-0.15, -0.1) is 0 Å². The standard InChI is InChI=1S/C8H7F4NO2/c1-14-4-3-5(8(10,11)12)13-7(15-2)6(4)9/h3H,1-2H3. The molecule has 1 rings (SSSR count). The molecule has 0 saturated carbocycles. The lowest BCUT2D eigenvalue weighted by Crippen LogP contribution is -2.10. The van der Waals surface area contributed by atoms with E-state index < -0.39 is 29.3 Å². The summed E-state index contributed by atoms with van der Waals surface area (Å²) in [7, 11) is 2.07. The zero-order valence-corrected chi connectivity index (χ0v) is 7.85. The third-order valence-corrected chi connectivity index (χ3v) is 1.60. The Hall–Kier alpha value is -1.53. The van der Waals surface area contributed by atoms with E-state index in [-0.39, 0.29) is 0 Å². The van der Waals surface area contributed by atoms with E-state index in [1.807, 2.05) is 0 Å². The number of aromatic nitrogens is 1. The first-order valence-electron chi connectivity index (χ1n) is 3.76. The first-order chi connectivity index (χ1) is 6.90. The monoisotopic (exact) mass is 225 g/mol. The summed E-state index contributed by atoms with van der Waals surface area (Å²) in [5, 5.41) is 0. The van der Waals surface area contributed by atoms with Crippen LogP contribution in [0.15, 0.2) is 6.07 Å². The summed E-state index contributed by atoms with van der Waals surface area (Å²) in [5.41, 5.74) is -1.27. The smallest absolute Gasteiger partial charge is 0.433 e. The van der Waals surface area contributed by atoms with Crippen molar-refractivity contribution in [2.45, 2.75) is 6.18 Å². The second-order valence-electron chi connectivity index (χ2n) is 2.53. The fraction of sp³-hybridized carbons (Fsp3) is 0.375. The van der Waals surface area contributed by atoms with Crippen LogP contribution in [0.25, 0.3) is 0 Å². The number of halogens is 4. The van der Waals surface area contributed by atoms with Gasteiger partial charge in [0.1, 0.15) is 0 Å². The summed E-state index contributed by atoms with van der Waals surface area (Å²) in [4.78, 5) is 2.97. The minimum Gasteiger partial charge on any atom is -0.493 e. The van der Waals surface area contributed by atoms with Crippen LogP contribution >= 0.6 is 0 Å². The van der Waals surface area contributed by atoms with Gasteiger partial charge in [-0.3, -0.25) is 0 Å². The van der Waals surface area contributed by atoms with Crippen molar-refractivity contribution < 1.29 is 27.0 Å². The summed E-state index contributed by atoms with van der Waals surface area (Å²) in [5.74, 6) is -2.37. The Morgan fingerprint density at radius 1 is 1.20 bits per heavy atom. The molecule has 0 atom stereocenters. The van der Waals surface area contributed by atoms with Crippen LogP contribution in [0.4, 0.5) is 17.6 Å². The number of pyridine rings is 1. The molecular weight excluding hydrogens is 218 g/mol. The van der Waals surface area contributed by atoms with Gasteiger partial charge < -0.3 is 9.47 Å². The van der Waals surface area contributed by atoms with Gasteiger partial charge in [-0.1, -0.05) is 0 Å². The van der Waals surface area contributed by atoms with Crippen LogP contribution in [0.5, 0.6) is 11.6 Å². The molecule has 3 nitrogen and oxygen atoms in total. The first-order valence-corrected chi connectivity index (χ1v) is 3.76. The van der Waals surface area contributed by atoms with Crippen molar-refractivity contribution in [2.75, 3.05) is 14.2 Å². The highest BCUT2D eigenvalue weighted by Crippen LogP contribution is 2.34. The predicted molar refractivity (Wildman–Crippen MR) is 42.3 cm³/mol. The van der Waals surface area contributed by atoms with Crippen LogP contribution in [-0.2, 0) is 6.18 Å². The Morgan fingerprint density at radius 3 is 2.20 bits per heavy atom. The van der Waals surface area contributed by atoms with Crippen LogP contribution in [0.1, 0.15) is 5.69 Å². The van der Waals surface area contributed by atoms with E-state index in [4.69, 9.17) is 0 Å². The van der Waals surface area contributed by atoms with E-state index in [2.05, 4.69) is 14.5 Å². The van der Waals surface area contributed by atoms with Crippen molar-refractivity contribution in [1.82, 2.24) is 4.98 Å². The Morgan fingerprint density at radius 2 is 1.80 bits per heavy atom. The quantitative estimate of drug-likeness (QED) is 0.723. The Kier molecular flexibility index (Phi) is 3.01. The van der Waals surface area contributed by atoms with E-state index in [1.165, 1.54) is 0 Å². The molecule has 0 radical (unpaired) electrons. The molecule has 0 aliphatic rings. The molecule has 0 aliphatic carbocycles. The number of alkyl halides is 3. The lowest BCUT2D eigenvalue weighted by molar-refractivity contribution is -0.141. The van der Waals surface area contributed by atoms with Gasteiger partial charge in [0.25, 0.3) is 5.88 Å². The fourth-order valence-electron chi connectivity index (χ4n) is 0.913. The third kappa shape index (κ3) is 2.28. The lowest BCUT2D eigenvalue weighted by atomic mass is 10.3. The van der Waals surface area contributed by atoms with E-state index in [1.54, 1.807) is 0 Å². The molecule has 0 spiro atoms. The maximum Gasteiger partial charge on any atom is 0.433 e. The number of hydrogen-bond donors (Lipinski definition) is 0. The minimum absolute atomic E-state index is 0.470. The molecule has 1 aromatic rings. The van der Waals surface area contributed by atoms with E-state index in [9.17, 15) is 17.6 Å². The molecule has 0 saturated heterocycles. The summed E-state index contributed by atoms with van der Waals surface area (Å²) < 4.78 is 58.7. The maximum atomic E-state index is 13.2. The molecule has 0 amide bonds. The van der Waals surface area contributed by atoms with Gasteiger partial charge in [0.2, 0.25) is 5.82 Å². The van der Waals surface area contributed by atoms with Crippen molar-refractivity contribution in [3.05, 3.63) is 17.6 Å². The number of nitrogens with zero attached hydrogens (tertiary/aromatic N) is 1. The van der Waals surface area contributed by atoms with E-state index in [0.29, 0.717) is 6.07 Å². The molecule has 0 aliphatic heterocycles. The highest BCUT2D eigenvalue weighted by atomic mass is 19.4. The van der Waals surface area contributed by atoms with Crippen molar-refractivity contribution in [2.24, 2.45) is 0 Å². The van der Waals surface area contributed by atoms with Gasteiger partial charge in [0.15, 0.2) is 11.4 Å². The maximum absolute atomic E-state index is 13.2. The van der Waals surface area contributed by atoms with Gasteiger partial charge in [0, 0.05) is 6.07 Å². The average molecular weight is 225 g/mol. The molecule has 0 aromatic carbocycles. The predicted octanol–water partition coefficient (Wildman–Crippen LogP) is 2.26. The molecule has 15 heavy (non-hydrogen) atoms. The molecule has 1 aromatic heterocycles. The molecule has 0 bridgehead atoms. The zero-order valence-electron chi connectivity index (χ0n) is 7.85. The van der Waals surface area contributed by atoms with Crippen molar-refractivity contribution in [1.29, 1.82) is 0 Å². The van der Waals surface area contributed by atoms with Crippen molar-refractivity contribution in [3.8, 4) is 11.6 Å².